The Balaban J connectivity index is 1.54. The monoisotopic (exact) mass is 563 g/mol. The fourth-order valence-electron chi connectivity index (χ4n) is 5.46. The number of halogens is 1. The number of nitrogens with zero attached hydrogens (tertiary/aromatic N) is 2. The summed E-state index contributed by atoms with van der Waals surface area (Å²) in [5.41, 5.74) is 2.65. The van der Waals surface area contributed by atoms with Gasteiger partial charge < -0.3 is 24.4 Å². The van der Waals surface area contributed by atoms with Crippen molar-refractivity contribution in [3.8, 4) is 11.5 Å². The third-order valence-corrected chi connectivity index (χ3v) is 7.73. The highest BCUT2D eigenvalue weighted by molar-refractivity contribution is 6.32. The largest absolute Gasteiger partial charge is 0.495 e. The van der Waals surface area contributed by atoms with Crippen LogP contribution in [0.4, 0.5) is 5.69 Å². The maximum atomic E-state index is 14.1. The van der Waals surface area contributed by atoms with E-state index in [-0.39, 0.29) is 11.8 Å². The van der Waals surface area contributed by atoms with E-state index < -0.39 is 12.0 Å². The number of carbonyl (C=O) groups excluding carboxylic acids is 2. The first kappa shape index (κ1) is 28.0. The van der Waals surface area contributed by atoms with Crippen LogP contribution in [0.2, 0.25) is 5.02 Å². The number of nitrogens with one attached hydrogen (secondary N) is 1. The summed E-state index contributed by atoms with van der Waals surface area (Å²) in [4.78, 5) is 32.3. The van der Waals surface area contributed by atoms with Gasteiger partial charge in [0.05, 0.1) is 43.9 Å². The number of fused-ring (bicyclic) bond motifs is 1. The molecule has 0 aliphatic carbocycles. The minimum Gasteiger partial charge on any atom is -0.495 e. The predicted octanol–water partition coefficient (Wildman–Crippen LogP) is 5.00. The SMILES string of the molecule is CCOc1ccc([C@H]2[C@@H](C(=O)Nc3ccc(OC)c(Cl)c3)c3ccccc3C(=O)N2CCN2CCOCC2)cc1. The molecule has 2 aliphatic rings. The summed E-state index contributed by atoms with van der Waals surface area (Å²) < 4.78 is 16.4. The highest BCUT2D eigenvalue weighted by Crippen LogP contribution is 2.44. The normalized spacial score (nSPS) is 19.2. The molecule has 0 spiro atoms. The van der Waals surface area contributed by atoms with E-state index in [9.17, 15) is 9.59 Å². The van der Waals surface area contributed by atoms with Crippen molar-refractivity contribution in [2.24, 2.45) is 0 Å². The van der Waals surface area contributed by atoms with Crippen LogP contribution in [0.1, 0.15) is 40.4 Å². The van der Waals surface area contributed by atoms with Gasteiger partial charge in [-0.05, 0) is 54.4 Å². The van der Waals surface area contributed by atoms with Crippen LogP contribution in [0, 0.1) is 0 Å². The molecule has 1 fully saturated rings. The zero-order valence-electron chi connectivity index (χ0n) is 22.8. The Morgan fingerprint density at radius 1 is 1.05 bits per heavy atom. The molecule has 40 heavy (non-hydrogen) atoms. The molecule has 0 unspecified atom stereocenters. The van der Waals surface area contributed by atoms with Gasteiger partial charge >= 0.3 is 0 Å². The highest BCUT2D eigenvalue weighted by atomic mass is 35.5. The second-order valence-corrected chi connectivity index (χ2v) is 10.2. The van der Waals surface area contributed by atoms with Crippen LogP contribution in [-0.2, 0) is 9.53 Å². The van der Waals surface area contributed by atoms with Crippen molar-refractivity contribution in [3.63, 3.8) is 0 Å². The number of anilines is 1. The number of hydrogen-bond acceptors (Lipinski definition) is 6. The van der Waals surface area contributed by atoms with Crippen molar-refractivity contribution >= 4 is 29.1 Å². The van der Waals surface area contributed by atoms with Gasteiger partial charge in [-0.3, -0.25) is 14.5 Å². The number of methoxy groups -OCH3 is 1. The van der Waals surface area contributed by atoms with Crippen molar-refractivity contribution < 1.29 is 23.8 Å². The number of morpholine rings is 1. The third-order valence-electron chi connectivity index (χ3n) is 7.43. The Labute approximate surface area is 239 Å². The van der Waals surface area contributed by atoms with E-state index in [0.29, 0.717) is 60.5 Å². The maximum Gasteiger partial charge on any atom is 0.254 e. The van der Waals surface area contributed by atoms with Gasteiger partial charge in [-0.25, -0.2) is 0 Å². The summed E-state index contributed by atoms with van der Waals surface area (Å²) in [5, 5.41) is 3.45. The molecule has 0 radical (unpaired) electrons. The molecule has 0 saturated carbocycles. The molecular formula is C31H34ClN3O5. The maximum absolute atomic E-state index is 14.1. The molecule has 3 aromatic rings. The van der Waals surface area contributed by atoms with E-state index in [1.807, 2.05) is 54.3 Å². The van der Waals surface area contributed by atoms with Gasteiger partial charge in [-0.1, -0.05) is 41.9 Å². The molecule has 5 rings (SSSR count). The Bertz CT molecular complexity index is 1340. The fourth-order valence-corrected chi connectivity index (χ4v) is 5.72. The molecule has 0 aromatic heterocycles. The van der Waals surface area contributed by atoms with Crippen molar-refractivity contribution in [2.75, 3.05) is 58.4 Å². The predicted molar refractivity (Wildman–Crippen MR) is 154 cm³/mol. The highest BCUT2D eigenvalue weighted by Gasteiger charge is 2.44. The minimum absolute atomic E-state index is 0.0840. The van der Waals surface area contributed by atoms with Crippen LogP contribution in [0.3, 0.4) is 0 Å². The number of amides is 2. The number of hydrogen-bond donors (Lipinski definition) is 1. The van der Waals surface area contributed by atoms with Crippen LogP contribution in [0.5, 0.6) is 11.5 Å². The van der Waals surface area contributed by atoms with Crippen molar-refractivity contribution in [3.05, 3.63) is 88.4 Å². The second-order valence-electron chi connectivity index (χ2n) is 9.80. The van der Waals surface area contributed by atoms with Gasteiger partial charge in [0.15, 0.2) is 0 Å². The first-order valence-corrected chi connectivity index (χ1v) is 13.9. The Kier molecular flexibility index (Phi) is 8.89. The zero-order valence-corrected chi connectivity index (χ0v) is 23.5. The topological polar surface area (TPSA) is 80.3 Å². The lowest BCUT2D eigenvalue weighted by atomic mass is 9.79. The van der Waals surface area contributed by atoms with Gasteiger partial charge in [-0.2, -0.15) is 0 Å². The Hall–Kier alpha value is -3.59. The van der Waals surface area contributed by atoms with E-state index in [1.54, 1.807) is 31.4 Å². The van der Waals surface area contributed by atoms with Gasteiger partial charge in [0.2, 0.25) is 5.91 Å². The first-order chi connectivity index (χ1) is 19.5. The minimum atomic E-state index is -0.655. The third kappa shape index (κ3) is 5.94. The first-order valence-electron chi connectivity index (χ1n) is 13.6. The molecule has 1 N–H and O–H groups in total. The number of carbonyl (C=O) groups is 2. The molecular weight excluding hydrogens is 530 g/mol. The summed E-state index contributed by atoms with van der Waals surface area (Å²) in [6.45, 7) is 6.63. The van der Waals surface area contributed by atoms with Crippen LogP contribution in [0.25, 0.3) is 0 Å². The van der Waals surface area contributed by atoms with Gasteiger partial charge in [0, 0.05) is 37.4 Å². The number of rotatable bonds is 9. The molecule has 2 aliphatic heterocycles. The van der Waals surface area contributed by atoms with E-state index in [4.69, 9.17) is 25.8 Å². The van der Waals surface area contributed by atoms with E-state index >= 15 is 0 Å². The summed E-state index contributed by atoms with van der Waals surface area (Å²) >= 11 is 6.35. The van der Waals surface area contributed by atoms with Crippen LogP contribution < -0.4 is 14.8 Å². The van der Waals surface area contributed by atoms with E-state index in [0.717, 1.165) is 24.4 Å². The summed E-state index contributed by atoms with van der Waals surface area (Å²) in [7, 11) is 1.54. The van der Waals surface area contributed by atoms with Gasteiger partial charge in [0.25, 0.3) is 5.91 Å². The number of ether oxygens (including phenoxy) is 3. The summed E-state index contributed by atoms with van der Waals surface area (Å²) in [6, 6.07) is 19.7. The van der Waals surface area contributed by atoms with Gasteiger partial charge in [-0.15, -0.1) is 0 Å². The van der Waals surface area contributed by atoms with Crippen molar-refractivity contribution in [1.82, 2.24) is 9.80 Å². The van der Waals surface area contributed by atoms with Crippen molar-refractivity contribution in [1.29, 1.82) is 0 Å². The second kappa shape index (κ2) is 12.7. The average Bonchev–Trinajstić information content (AvgIpc) is 2.98. The fraction of sp³-hybridized carbons (Fsp3) is 0.355. The van der Waals surface area contributed by atoms with Crippen LogP contribution in [-0.4, -0.2) is 74.7 Å². The molecule has 2 amide bonds. The van der Waals surface area contributed by atoms with Gasteiger partial charge in [0.1, 0.15) is 11.5 Å². The quantitative estimate of drug-likeness (QED) is 0.395. The standard InChI is InChI=1S/C31H34ClN3O5/c1-3-40-23-11-8-21(9-12-23)29-28(30(36)33-22-10-13-27(38-2)26(32)20-22)24-6-4-5-7-25(24)31(37)35(29)15-14-34-16-18-39-19-17-34/h4-13,20,28-29H,3,14-19H2,1-2H3,(H,33,36)/t28-,29-/m0/s1. The zero-order chi connectivity index (χ0) is 28.1. The molecule has 0 bridgehead atoms. The molecule has 8 nitrogen and oxygen atoms in total. The lowest BCUT2D eigenvalue weighted by molar-refractivity contribution is -0.119. The molecule has 210 valence electrons. The molecule has 3 aromatic carbocycles. The lowest BCUT2D eigenvalue weighted by Crippen LogP contribution is -2.49. The lowest BCUT2D eigenvalue weighted by Gasteiger charge is -2.42. The van der Waals surface area contributed by atoms with Crippen LogP contribution in [0.15, 0.2) is 66.7 Å². The van der Waals surface area contributed by atoms with Crippen molar-refractivity contribution in [2.45, 2.75) is 18.9 Å². The Morgan fingerprint density at radius 2 is 1.80 bits per heavy atom. The molecule has 1 saturated heterocycles. The number of benzene rings is 3. The Morgan fingerprint density at radius 3 is 2.50 bits per heavy atom. The van der Waals surface area contributed by atoms with E-state index in [1.165, 1.54) is 0 Å². The molecule has 9 heteroatoms. The molecule has 2 heterocycles. The smallest absolute Gasteiger partial charge is 0.254 e. The average molecular weight is 564 g/mol. The molecule has 2 atom stereocenters. The summed E-state index contributed by atoms with van der Waals surface area (Å²) in [5.74, 6) is 0.297. The van der Waals surface area contributed by atoms with Crippen LogP contribution >= 0.6 is 11.6 Å². The summed E-state index contributed by atoms with van der Waals surface area (Å²) in [6.07, 6.45) is 0. The van der Waals surface area contributed by atoms with E-state index in [2.05, 4.69) is 10.2 Å².